The van der Waals surface area contributed by atoms with Gasteiger partial charge >= 0.3 is 5.97 Å². The van der Waals surface area contributed by atoms with Gasteiger partial charge in [-0.25, -0.2) is 4.79 Å². The second-order valence-electron chi connectivity index (χ2n) is 2.00. The fourth-order valence-electron chi connectivity index (χ4n) is 0.552. The van der Waals surface area contributed by atoms with E-state index < -0.39 is 0 Å². The van der Waals surface area contributed by atoms with E-state index in [0.29, 0.717) is 12.4 Å². The average Bonchev–Trinajstić information content (AvgIpc) is 2.05. The monoisotopic (exact) mass is 190 g/mol. The van der Waals surface area contributed by atoms with Gasteiger partial charge in [-0.1, -0.05) is 6.08 Å². The van der Waals surface area contributed by atoms with E-state index in [0.717, 1.165) is 5.75 Å². The molecule has 0 aliphatic rings. The third kappa shape index (κ3) is 7.63. The molecule has 1 N–H and O–H groups in total. The lowest BCUT2D eigenvalue weighted by atomic mass is 10.5. The largest absolute Gasteiger partial charge is 0.462 e. The highest BCUT2D eigenvalue weighted by atomic mass is 32.2. The Morgan fingerprint density at radius 2 is 2.33 bits per heavy atom. The normalized spacial score (nSPS) is 10.5. The number of allylic oxidation sites excluding steroid dienone is 1. The summed E-state index contributed by atoms with van der Waals surface area (Å²) in [4.78, 5) is 10.7. The van der Waals surface area contributed by atoms with Gasteiger partial charge in [-0.2, -0.15) is 11.8 Å². The number of hydrogen-bond acceptors (Lipinski definition) is 4. The van der Waals surface area contributed by atoms with Gasteiger partial charge in [0.05, 0.1) is 6.61 Å². The lowest BCUT2D eigenvalue weighted by Crippen LogP contribution is -2.04. The van der Waals surface area contributed by atoms with Crippen molar-refractivity contribution in [2.24, 2.45) is 0 Å². The predicted molar refractivity (Wildman–Crippen MR) is 50.2 cm³/mol. The standard InChI is InChI=1S/C8H14O3S/c1-2-3-8(10)11-5-7-12-6-4-9/h2-3,9H,4-7H2,1H3. The molecule has 0 saturated carbocycles. The lowest BCUT2D eigenvalue weighted by molar-refractivity contribution is -0.137. The van der Waals surface area contributed by atoms with Crippen molar-refractivity contribution in [3.05, 3.63) is 12.2 Å². The first kappa shape index (κ1) is 11.5. The minimum absolute atomic E-state index is 0.174. The number of carbonyl (C=O) groups excluding carboxylic acids is 1. The molecule has 0 aromatic rings. The molecular weight excluding hydrogens is 176 g/mol. The summed E-state index contributed by atoms with van der Waals surface area (Å²) >= 11 is 1.56. The summed E-state index contributed by atoms with van der Waals surface area (Å²) in [5.41, 5.74) is 0. The van der Waals surface area contributed by atoms with Crippen molar-refractivity contribution < 1.29 is 14.6 Å². The fourth-order valence-corrected chi connectivity index (χ4v) is 1.09. The second kappa shape index (κ2) is 8.62. The Morgan fingerprint density at radius 3 is 2.92 bits per heavy atom. The third-order valence-corrected chi connectivity index (χ3v) is 1.94. The van der Waals surface area contributed by atoms with E-state index in [1.165, 1.54) is 6.08 Å². The van der Waals surface area contributed by atoms with E-state index in [1.54, 1.807) is 24.8 Å². The summed E-state index contributed by atoms with van der Waals surface area (Å²) in [6.45, 7) is 2.35. The van der Waals surface area contributed by atoms with Gasteiger partial charge in [0.25, 0.3) is 0 Å². The van der Waals surface area contributed by atoms with Crippen LogP contribution in [0.2, 0.25) is 0 Å². The van der Waals surface area contributed by atoms with Crippen molar-refractivity contribution in [2.75, 3.05) is 24.7 Å². The second-order valence-corrected chi connectivity index (χ2v) is 3.23. The molecule has 0 aliphatic heterocycles. The van der Waals surface area contributed by atoms with Gasteiger partial charge in [-0.3, -0.25) is 0 Å². The molecule has 0 unspecified atom stereocenters. The van der Waals surface area contributed by atoms with Gasteiger partial charge < -0.3 is 9.84 Å². The van der Waals surface area contributed by atoms with Gasteiger partial charge in [-0.05, 0) is 6.92 Å². The van der Waals surface area contributed by atoms with Crippen LogP contribution in [0, 0.1) is 0 Å². The molecule has 4 heteroatoms. The van der Waals surface area contributed by atoms with Crippen LogP contribution in [-0.4, -0.2) is 35.8 Å². The van der Waals surface area contributed by atoms with Crippen LogP contribution < -0.4 is 0 Å². The summed E-state index contributed by atoms with van der Waals surface area (Å²) in [5, 5.41) is 8.42. The lowest BCUT2D eigenvalue weighted by Gasteiger charge is -2.00. The Bertz CT molecular complexity index is 145. The van der Waals surface area contributed by atoms with E-state index in [2.05, 4.69) is 0 Å². The first-order valence-electron chi connectivity index (χ1n) is 3.79. The van der Waals surface area contributed by atoms with Gasteiger partial charge in [0.2, 0.25) is 0 Å². The highest BCUT2D eigenvalue weighted by Gasteiger charge is 1.94. The molecular formula is C8H14O3S. The van der Waals surface area contributed by atoms with E-state index in [9.17, 15) is 4.79 Å². The Morgan fingerprint density at radius 1 is 1.58 bits per heavy atom. The Hall–Kier alpha value is -0.480. The van der Waals surface area contributed by atoms with Crippen LogP contribution in [0.25, 0.3) is 0 Å². The number of aliphatic hydroxyl groups is 1. The molecule has 0 atom stereocenters. The van der Waals surface area contributed by atoms with Crippen LogP contribution in [0.4, 0.5) is 0 Å². The molecule has 0 spiro atoms. The quantitative estimate of drug-likeness (QED) is 0.383. The Labute approximate surface area is 76.8 Å². The smallest absolute Gasteiger partial charge is 0.330 e. The SMILES string of the molecule is CC=CC(=O)OCCSCCO. The van der Waals surface area contributed by atoms with Crippen LogP contribution in [0.15, 0.2) is 12.2 Å². The van der Waals surface area contributed by atoms with Gasteiger partial charge in [0.15, 0.2) is 0 Å². The third-order valence-electron chi connectivity index (χ3n) is 1.01. The number of ether oxygens (including phenoxy) is 1. The zero-order valence-corrected chi connectivity index (χ0v) is 7.97. The summed E-state index contributed by atoms with van der Waals surface area (Å²) in [5.74, 6) is 1.13. The molecule has 0 fully saturated rings. The summed E-state index contributed by atoms with van der Waals surface area (Å²) in [7, 11) is 0. The van der Waals surface area contributed by atoms with Crippen molar-refractivity contribution in [1.29, 1.82) is 0 Å². The zero-order valence-electron chi connectivity index (χ0n) is 7.16. The minimum Gasteiger partial charge on any atom is -0.462 e. The molecule has 0 aromatic carbocycles. The Balaban J connectivity index is 3.14. The van der Waals surface area contributed by atoms with Gasteiger partial charge in [-0.15, -0.1) is 0 Å². The molecule has 0 aromatic heterocycles. The highest BCUT2D eigenvalue weighted by molar-refractivity contribution is 7.99. The van der Waals surface area contributed by atoms with Crippen LogP contribution in [0.1, 0.15) is 6.92 Å². The zero-order chi connectivity index (χ0) is 9.23. The van der Waals surface area contributed by atoms with Crippen molar-refractivity contribution in [1.82, 2.24) is 0 Å². The number of carbonyl (C=O) groups is 1. The average molecular weight is 190 g/mol. The van der Waals surface area contributed by atoms with Crippen LogP contribution in [0.3, 0.4) is 0 Å². The number of aliphatic hydroxyl groups excluding tert-OH is 1. The van der Waals surface area contributed by atoms with Gasteiger partial charge in [0.1, 0.15) is 6.61 Å². The summed E-state index contributed by atoms with van der Waals surface area (Å²) in [6, 6.07) is 0. The van der Waals surface area contributed by atoms with Crippen molar-refractivity contribution in [3.8, 4) is 0 Å². The van der Waals surface area contributed by atoms with E-state index >= 15 is 0 Å². The van der Waals surface area contributed by atoms with Crippen LogP contribution in [-0.2, 0) is 9.53 Å². The fraction of sp³-hybridized carbons (Fsp3) is 0.625. The topological polar surface area (TPSA) is 46.5 Å². The maximum atomic E-state index is 10.7. The number of hydrogen-bond donors (Lipinski definition) is 1. The maximum absolute atomic E-state index is 10.7. The molecule has 0 bridgehead atoms. The number of esters is 1. The van der Waals surface area contributed by atoms with E-state index in [-0.39, 0.29) is 12.6 Å². The molecule has 3 nitrogen and oxygen atoms in total. The van der Waals surface area contributed by atoms with Gasteiger partial charge in [0, 0.05) is 17.6 Å². The summed E-state index contributed by atoms with van der Waals surface area (Å²) in [6.07, 6.45) is 3.03. The Kier molecular flexibility index (Phi) is 8.27. The maximum Gasteiger partial charge on any atom is 0.330 e. The molecule has 12 heavy (non-hydrogen) atoms. The van der Waals surface area contributed by atoms with E-state index in [4.69, 9.17) is 9.84 Å². The van der Waals surface area contributed by atoms with Crippen LogP contribution in [0.5, 0.6) is 0 Å². The highest BCUT2D eigenvalue weighted by Crippen LogP contribution is 1.97. The minimum atomic E-state index is -0.304. The van der Waals surface area contributed by atoms with Crippen molar-refractivity contribution >= 4 is 17.7 Å². The van der Waals surface area contributed by atoms with Crippen molar-refractivity contribution in [3.63, 3.8) is 0 Å². The molecule has 0 amide bonds. The first-order valence-corrected chi connectivity index (χ1v) is 4.94. The molecule has 0 aliphatic carbocycles. The predicted octanol–water partition coefficient (Wildman–Crippen LogP) is 0.831. The summed E-state index contributed by atoms with van der Waals surface area (Å²) < 4.78 is 4.80. The molecule has 0 heterocycles. The first-order chi connectivity index (χ1) is 5.81. The van der Waals surface area contributed by atoms with E-state index in [1.807, 2.05) is 0 Å². The molecule has 0 radical (unpaired) electrons. The number of thioether (sulfide) groups is 1. The molecule has 70 valence electrons. The number of rotatable bonds is 6. The van der Waals surface area contributed by atoms with Crippen molar-refractivity contribution in [2.45, 2.75) is 6.92 Å². The molecule has 0 saturated heterocycles. The molecule has 0 rings (SSSR count). The van der Waals surface area contributed by atoms with Crippen LogP contribution >= 0.6 is 11.8 Å².